The molecule has 0 aliphatic heterocycles. The maximum Gasteiger partial charge on any atom is 0.253 e. The summed E-state index contributed by atoms with van der Waals surface area (Å²) in [6.07, 6.45) is 2.64. The van der Waals surface area contributed by atoms with Crippen molar-refractivity contribution in [3.63, 3.8) is 0 Å². The first-order chi connectivity index (χ1) is 8.48. The number of aliphatic hydroxyl groups is 1. The quantitative estimate of drug-likeness (QED) is 0.820. The fourth-order valence-corrected chi connectivity index (χ4v) is 1.82. The van der Waals surface area contributed by atoms with Crippen LogP contribution in [0.3, 0.4) is 0 Å². The molecule has 0 aliphatic rings. The van der Waals surface area contributed by atoms with Gasteiger partial charge in [-0.3, -0.25) is 4.79 Å². The van der Waals surface area contributed by atoms with Gasteiger partial charge in [-0.05, 0) is 18.9 Å². The predicted molar refractivity (Wildman–Crippen MR) is 72.1 cm³/mol. The van der Waals surface area contributed by atoms with Crippen LogP contribution in [0.25, 0.3) is 0 Å². The molecule has 0 spiro atoms. The second kappa shape index (κ2) is 6.36. The lowest BCUT2D eigenvalue weighted by Gasteiger charge is -2.30. The van der Waals surface area contributed by atoms with E-state index in [1.54, 1.807) is 0 Å². The van der Waals surface area contributed by atoms with Gasteiger partial charge in [0.05, 0.1) is 22.7 Å². The van der Waals surface area contributed by atoms with Crippen molar-refractivity contribution >= 4 is 29.1 Å². The third-order valence-corrected chi connectivity index (χ3v) is 3.78. The predicted octanol–water partition coefficient (Wildman–Crippen LogP) is 2.67. The molecule has 0 aromatic carbocycles. The van der Waals surface area contributed by atoms with Gasteiger partial charge in [-0.25, -0.2) is 4.98 Å². The van der Waals surface area contributed by atoms with Crippen molar-refractivity contribution in [2.75, 3.05) is 6.61 Å². The summed E-state index contributed by atoms with van der Waals surface area (Å²) in [6, 6.07) is 1.46. The maximum atomic E-state index is 12.0. The SMILES string of the molecule is CCC(CC)(CO)NC(=O)c1cnc(Cl)c(Cl)c1. The Labute approximate surface area is 116 Å². The highest BCUT2D eigenvalue weighted by atomic mass is 35.5. The minimum Gasteiger partial charge on any atom is -0.394 e. The smallest absolute Gasteiger partial charge is 0.253 e. The number of aromatic nitrogens is 1. The van der Waals surface area contributed by atoms with E-state index in [2.05, 4.69) is 10.3 Å². The third kappa shape index (κ3) is 3.34. The van der Waals surface area contributed by atoms with Crippen molar-refractivity contribution in [1.82, 2.24) is 10.3 Å². The van der Waals surface area contributed by atoms with Gasteiger partial charge in [0.1, 0.15) is 5.15 Å². The van der Waals surface area contributed by atoms with Crippen molar-refractivity contribution in [2.45, 2.75) is 32.2 Å². The second-order valence-electron chi connectivity index (χ2n) is 4.10. The van der Waals surface area contributed by atoms with E-state index in [1.165, 1.54) is 12.3 Å². The summed E-state index contributed by atoms with van der Waals surface area (Å²) in [5.74, 6) is -0.321. The zero-order valence-corrected chi connectivity index (χ0v) is 11.8. The molecule has 0 saturated heterocycles. The van der Waals surface area contributed by atoms with Crippen molar-refractivity contribution in [3.8, 4) is 0 Å². The van der Waals surface area contributed by atoms with E-state index in [9.17, 15) is 9.90 Å². The van der Waals surface area contributed by atoms with Gasteiger partial charge >= 0.3 is 0 Å². The first kappa shape index (κ1) is 15.2. The van der Waals surface area contributed by atoms with Crippen LogP contribution >= 0.6 is 23.2 Å². The number of carbonyl (C=O) groups excluding carboxylic acids is 1. The third-order valence-electron chi connectivity index (χ3n) is 3.09. The van der Waals surface area contributed by atoms with Gasteiger partial charge in [0.25, 0.3) is 5.91 Å². The molecule has 6 heteroatoms. The van der Waals surface area contributed by atoms with Crippen LogP contribution in [0.2, 0.25) is 10.2 Å². The van der Waals surface area contributed by atoms with E-state index in [4.69, 9.17) is 23.2 Å². The Kier molecular flexibility index (Phi) is 5.38. The van der Waals surface area contributed by atoms with Crippen LogP contribution in [0, 0.1) is 0 Å². The average Bonchev–Trinajstić information content (AvgIpc) is 2.39. The second-order valence-corrected chi connectivity index (χ2v) is 4.86. The number of hydrogen-bond donors (Lipinski definition) is 2. The molecule has 1 rings (SSSR count). The number of carbonyl (C=O) groups is 1. The Morgan fingerprint density at radius 1 is 1.44 bits per heavy atom. The van der Waals surface area contributed by atoms with E-state index in [-0.39, 0.29) is 22.7 Å². The minimum absolute atomic E-state index is 0.111. The molecule has 4 nitrogen and oxygen atoms in total. The number of pyridine rings is 1. The number of halogens is 2. The number of hydrogen-bond acceptors (Lipinski definition) is 3. The molecule has 18 heavy (non-hydrogen) atoms. The van der Waals surface area contributed by atoms with Gasteiger partial charge in [-0.2, -0.15) is 0 Å². The minimum atomic E-state index is -0.608. The highest BCUT2D eigenvalue weighted by Gasteiger charge is 2.27. The molecule has 1 heterocycles. The zero-order chi connectivity index (χ0) is 13.8. The fourth-order valence-electron chi connectivity index (χ4n) is 1.55. The molecule has 1 amide bonds. The molecule has 0 fully saturated rings. The number of aliphatic hydroxyl groups excluding tert-OH is 1. The Morgan fingerprint density at radius 2 is 2.06 bits per heavy atom. The Morgan fingerprint density at radius 3 is 2.50 bits per heavy atom. The molecule has 0 aliphatic carbocycles. The van der Waals surface area contributed by atoms with Crippen molar-refractivity contribution in [2.24, 2.45) is 0 Å². The van der Waals surface area contributed by atoms with Gasteiger partial charge in [-0.1, -0.05) is 37.0 Å². The van der Waals surface area contributed by atoms with E-state index in [0.29, 0.717) is 18.4 Å². The summed E-state index contributed by atoms with van der Waals surface area (Å²) < 4.78 is 0. The molecule has 0 atom stereocenters. The summed E-state index contributed by atoms with van der Waals surface area (Å²) in [4.78, 5) is 15.9. The van der Waals surface area contributed by atoms with E-state index in [0.717, 1.165) is 0 Å². The van der Waals surface area contributed by atoms with Gasteiger partial charge in [0.15, 0.2) is 0 Å². The number of nitrogens with zero attached hydrogens (tertiary/aromatic N) is 1. The summed E-state index contributed by atoms with van der Waals surface area (Å²) in [5, 5.41) is 12.6. The van der Waals surface area contributed by atoms with Gasteiger partial charge in [-0.15, -0.1) is 0 Å². The monoisotopic (exact) mass is 290 g/mol. The van der Waals surface area contributed by atoms with Gasteiger partial charge in [0, 0.05) is 6.20 Å². The average molecular weight is 291 g/mol. The summed E-state index contributed by atoms with van der Waals surface area (Å²) in [7, 11) is 0. The van der Waals surface area contributed by atoms with Crippen LogP contribution in [0.1, 0.15) is 37.0 Å². The molecule has 1 aromatic rings. The van der Waals surface area contributed by atoms with Crippen LogP contribution in [-0.2, 0) is 0 Å². The number of amides is 1. The Balaban J connectivity index is 2.90. The summed E-state index contributed by atoms with van der Waals surface area (Å²) >= 11 is 11.5. The molecule has 0 unspecified atom stereocenters. The Bertz CT molecular complexity index is 426. The number of nitrogens with one attached hydrogen (secondary N) is 1. The lowest BCUT2D eigenvalue weighted by Crippen LogP contribution is -2.50. The largest absolute Gasteiger partial charge is 0.394 e. The van der Waals surface area contributed by atoms with E-state index in [1.807, 2.05) is 13.8 Å². The maximum absolute atomic E-state index is 12.0. The number of rotatable bonds is 5. The fraction of sp³-hybridized carbons (Fsp3) is 0.500. The highest BCUT2D eigenvalue weighted by molar-refractivity contribution is 6.41. The standard InChI is InChI=1S/C12H16Cl2N2O2/c1-3-12(4-2,7-17)16-11(18)8-5-9(13)10(14)15-6-8/h5-6,17H,3-4,7H2,1-2H3,(H,16,18). The van der Waals surface area contributed by atoms with Crippen LogP contribution in [0.4, 0.5) is 0 Å². The van der Waals surface area contributed by atoms with Crippen LogP contribution in [-0.4, -0.2) is 28.1 Å². The lowest BCUT2D eigenvalue weighted by molar-refractivity contribution is 0.0817. The molecule has 0 saturated carbocycles. The van der Waals surface area contributed by atoms with Gasteiger partial charge < -0.3 is 10.4 Å². The lowest BCUT2D eigenvalue weighted by atomic mass is 9.93. The summed E-state index contributed by atoms with van der Waals surface area (Å²) in [5.41, 5.74) is -0.285. The highest BCUT2D eigenvalue weighted by Crippen LogP contribution is 2.21. The molecular formula is C12H16Cl2N2O2. The molecule has 0 radical (unpaired) electrons. The van der Waals surface area contributed by atoms with Crippen LogP contribution < -0.4 is 5.32 Å². The molecule has 0 bridgehead atoms. The van der Waals surface area contributed by atoms with Gasteiger partial charge in [0.2, 0.25) is 0 Å². The normalized spacial score (nSPS) is 11.4. The Hall–Kier alpha value is -0.840. The van der Waals surface area contributed by atoms with Crippen molar-refractivity contribution in [1.29, 1.82) is 0 Å². The van der Waals surface area contributed by atoms with E-state index < -0.39 is 5.54 Å². The molecular weight excluding hydrogens is 275 g/mol. The molecule has 1 aromatic heterocycles. The summed E-state index contributed by atoms with van der Waals surface area (Å²) in [6.45, 7) is 3.71. The first-order valence-corrected chi connectivity index (χ1v) is 6.48. The topological polar surface area (TPSA) is 62.2 Å². The van der Waals surface area contributed by atoms with Crippen molar-refractivity contribution in [3.05, 3.63) is 28.0 Å². The molecule has 100 valence electrons. The zero-order valence-electron chi connectivity index (χ0n) is 10.3. The van der Waals surface area contributed by atoms with Crippen LogP contribution in [0.5, 0.6) is 0 Å². The molecule has 2 N–H and O–H groups in total. The first-order valence-electron chi connectivity index (χ1n) is 5.72. The van der Waals surface area contributed by atoms with Crippen LogP contribution in [0.15, 0.2) is 12.3 Å². The van der Waals surface area contributed by atoms with E-state index >= 15 is 0 Å². The van der Waals surface area contributed by atoms with Crippen molar-refractivity contribution < 1.29 is 9.90 Å².